The Balaban J connectivity index is 1.77. The lowest BCUT2D eigenvalue weighted by Gasteiger charge is -2.27. The number of sulfone groups is 1. The van der Waals surface area contributed by atoms with Crippen molar-refractivity contribution in [3.05, 3.63) is 65.4 Å². The summed E-state index contributed by atoms with van der Waals surface area (Å²) in [7, 11) is -1.76. The predicted octanol–water partition coefficient (Wildman–Crippen LogP) is 4.08. The van der Waals surface area contributed by atoms with Gasteiger partial charge in [-0.1, -0.05) is 30.3 Å². The first-order valence-corrected chi connectivity index (χ1v) is 11.7. The number of carbonyl (C=O) groups is 1. The third kappa shape index (κ3) is 3.81. The summed E-state index contributed by atoms with van der Waals surface area (Å²) in [5.74, 6) is -0.182. The molecule has 29 heavy (non-hydrogen) atoms. The molecule has 0 amide bonds. The summed E-state index contributed by atoms with van der Waals surface area (Å²) in [5, 5.41) is 1.20. The van der Waals surface area contributed by atoms with Crippen LogP contribution in [0.25, 0.3) is 10.9 Å². The predicted molar refractivity (Wildman–Crippen MR) is 113 cm³/mol. The zero-order chi connectivity index (χ0) is 20.6. The van der Waals surface area contributed by atoms with Crippen LogP contribution in [0.15, 0.2) is 53.4 Å². The van der Waals surface area contributed by atoms with Crippen LogP contribution in [0.1, 0.15) is 42.1 Å². The topological polar surface area (TPSA) is 65.4 Å². The highest BCUT2D eigenvalue weighted by atomic mass is 32.2. The molecule has 1 unspecified atom stereocenters. The molecular weight excluding hydrogens is 386 g/mol. The number of esters is 1. The summed E-state index contributed by atoms with van der Waals surface area (Å²) >= 11 is 0. The molecule has 0 radical (unpaired) electrons. The second-order valence-electron chi connectivity index (χ2n) is 7.73. The Kier molecular flexibility index (Phi) is 5.21. The standard InChI is InChI=1S/C23H25NO4S/c1-28-23(25)15-17-6-5-9-22-20(19-7-3-4-8-21(19)24(17)22)14-16-10-12-18(13-11-16)29(2,26)27/h3-4,7-8,10-13,17H,5-6,9,14-15H2,1-2H3. The number of para-hydroxylation sites is 1. The molecule has 0 spiro atoms. The molecule has 2 aromatic carbocycles. The van der Waals surface area contributed by atoms with E-state index in [1.165, 1.54) is 30.0 Å². The minimum atomic E-state index is -3.20. The number of nitrogens with zero attached hydrogens (tertiary/aromatic N) is 1. The minimum absolute atomic E-state index is 0.109. The fourth-order valence-corrected chi connectivity index (χ4v) is 5.06. The van der Waals surface area contributed by atoms with Gasteiger partial charge < -0.3 is 9.30 Å². The lowest BCUT2D eigenvalue weighted by atomic mass is 9.95. The largest absolute Gasteiger partial charge is 0.469 e. The van der Waals surface area contributed by atoms with Gasteiger partial charge in [-0.3, -0.25) is 4.79 Å². The van der Waals surface area contributed by atoms with E-state index in [4.69, 9.17) is 4.74 Å². The smallest absolute Gasteiger partial charge is 0.307 e. The number of methoxy groups -OCH3 is 1. The fraction of sp³-hybridized carbons (Fsp3) is 0.348. The molecule has 0 N–H and O–H groups in total. The summed E-state index contributed by atoms with van der Waals surface area (Å²) < 4.78 is 30.7. The van der Waals surface area contributed by atoms with Gasteiger partial charge in [0.05, 0.1) is 18.4 Å². The maximum absolute atomic E-state index is 12.0. The van der Waals surface area contributed by atoms with Gasteiger partial charge in [-0.05, 0) is 55.0 Å². The van der Waals surface area contributed by atoms with Crippen LogP contribution >= 0.6 is 0 Å². The Morgan fingerprint density at radius 1 is 1.14 bits per heavy atom. The highest BCUT2D eigenvalue weighted by Gasteiger charge is 2.27. The van der Waals surface area contributed by atoms with Crippen molar-refractivity contribution >= 4 is 26.7 Å². The van der Waals surface area contributed by atoms with Crippen LogP contribution < -0.4 is 0 Å². The van der Waals surface area contributed by atoms with Gasteiger partial charge in [0.2, 0.25) is 0 Å². The van der Waals surface area contributed by atoms with Crippen LogP contribution in [0.4, 0.5) is 0 Å². The molecule has 4 rings (SSSR count). The maximum atomic E-state index is 12.0. The van der Waals surface area contributed by atoms with Gasteiger partial charge in [0.1, 0.15) is 0 Å². The van der Waals surface area contributed by atoms with Crippen LogP contribution in [0.5, 0.6) is 0 Å². The van der Waals surface area contributed by atoms with E-state index in [0.29, 0.717) is 11.3 Å². The molecule has 3 aromatic rings. The summed E-state index contributed by atoms with van der Waals surface area (Å²) in [5.41, 5.74) is 4.77. The number of hydrogen-bond donors (Lipinski definition) is 0. The lowest BCUT2D eigenvalue weighted by molar-refractivity contribution is -0.141. The van der Waals surface area contributed by atoms with E-state index in [1.807, 2.05) is 24.3 Å². The van der Waals surface area contributed by atoms with Crippen molar-refractivity contribution in [3.8, 4) is 0 Å². The molecule has 0 saturated carbocycles. The van der Waals surface area contributed by atoms with Crippen molar-refractivity contribution in [1.29, 1.82) is 0 Å². The van der Waals surface area contributed by atoms with Gasteiger partial charge in [-0.25, -0.2) is 8.42 Å². The molecule has 0 bridgehead atoms. The third-order valence-electron chi connectivity index (χ3n) is 5.81. The monoisotopic (exact) mass is 411 g/mol. The molecule has 1 atom stereocenters. The first kappa shape index (κ1) is 19.7. The van der Waals surface area contributed by atoms with Crippen molar-refractivity contribution in [2.45, 2.75) is 43.0 Å². The van der Waals surface area contributed by atoms with Gasteiger partial charge >= 0.3 is 5.97 Å². The molecule has 1 aliphatic heterocycles. The summed E-state index contributed by atoms with van der Waals surface area (Å²) in [4.78, 5) is 12.3. The highest BCUT2D eigenvalue weighted by molar-refractivity contribution is 7.90. The number of benzene rings is 2. The van der Waals surface area contributed by atoms with Crippen molar-refractivity contribution in [2.75, 3.05) is 13.4 Å². The first-order valence-electron chi connectivity index (χ1n) is 9.85. The molecule has 6 heteroatoms. The van der Waals surface area contributed by atoms with E-state index in [1.54, 1.807) is 12.1 Å². The number of aromatic nitrogens is 1. The van der Waals surface area contributed by atoms with E-state index in [-0.39, 0.29) is 12.0 Å². The van der Waals surface area contributed by atoms with Crippen molar-refractivity contribution < 1.29 is 17.9 Å². The van der Waals surface area contributed by atoms with Crippen molar-refractivity contribution in [1.82, 2.24) is 4.57 Å². The Morgan fingerprint density at radius 3 is 2.55 bits per heavy atom. The van der Waals surface area contributed by atoms with Gasteiger partial charge in [0.15, 0.2) is 9.84 Å². The Labute approximate surface area is 171 Å². The van der Waals surface area contributed by atoms with Crippen molar-refractivity contribution in [3.63, 3.8) is 0 Å². The quantitative estimate of drug-likeness (QED) is 0.594. The second-order valence-corrected chi connectivity index (χ2v) is 9.75. The van der Waals surface area contributed by atoms with E-state index < -0.39 is 9.84 Å². The van der Waals surface area contributed by atoms with Crippen LogP contribution in [-0.2, 0) is 32.2 Å². The minimum Gasteiger partial charge on any atom is -0.469 e. The first-order chi connectivity index (χ1) is 13.9. The number of ether oxygens (including phenoxy) is 1. The third-order valence-corrected chi connectivity index (χ3v) is 6.93. The Bertz CT molecular complexity index is 1160. The van der Waals surface area contributed by atoms with Gasteiger partial charge in [0.25, 0.3) is 0 Å². The molecule has 1 aliphatic rings. The fourth-order valence-electron chi connectivity index (χ4n) is 4.43. The zero-order valence-electron chi connectivity index (χ0n) is 16.7. The summed E-state index contributed by atoms with van der Waals surface area (Å²) in [6, 6.07) is 15.6. The molecule has 152 valence electrons. The second kappa shape index (κ2) is 7.67. The normalized spacial score (nSPS) is 16.6. The summed E-state index contributed by atoms with van der Waals surface area (Å²) in [6.45, 7) is 0. The van der Waals surface area contributed by atoms with E-state index >= 15 is 0 Å². The zero-order valence-corrected chi connectivity index (χ0v) is 17.5. The number of carbonyl (C=O) groups excluding carboxylic acids is 1. The van der Waals surface area contributed by atoms with Crippen molar-refractivity contribution in [2.24, 2.45) is 0 Å². The Hall–Kier alpha value is -2.60. The molecular formula is C23H25NO4S. The van der Waals surface area contributed by atoms with Crippen LogP contribution in [-0.4, -0.2) is 32.3 Å². The van der Waals surface area contributed by atoms with Gasteiger partial charge in [-0.15, -0.1) is 0 Å². The van der Waals surface area contributed by atoms with E-state index in [0.717, 1.165) is 36.8 Å². The van der Waals surface area contributed by atoms with Gasteiger partial charge in [0, 0.05) is 28.9 Å². The van der Waals surface area contributed by atoms with Crippen LogP contribution in [0, 0.1) is 0 Å². The maximum Gasteiger partial charge on any atom is 0.307 e. The average Bonchev–Trinajstić information content (AvgIpc) is 3.02. The SMILES string of the molecule is COC(=O)CC1CCCc2c(Cc3ccc(S(C)(=O)=O)cc3)c3ccccc3n21. The average molecular weight is 412 g/mol. The molecule has 0 fully saturated rings. The molecule has 2 heterocycles. The lowest BCUT2D eigenvalue weighted by Crippen LogP contribution is -2.21. The number of rotatable bonds is 5. The Morgan fingerprint density at radius 2 is 1.86 bits per heavy atom. The summed E-state index contributed by atoms with van der Waals surface area (Å²) in [6.07, 6.45) is 5.31. The van der Waals surface area contributed by atoms with Crippen LogP contribution in [0.2, 0.25) is 0 Å². The molecule has 5 nitrogen and oxygen atoms in total. The van der Waals surface area contributed by atoms with E-state index in [9.17, 15) is 13.2 Å². The molecule has 1 aromatic heterocycles. The molecule has 0 saturated heterocycles. The van der Waals surface area contributed by atoms with Crippen LogP contribution in [0.3, 0.4) is 0 Å². The number of hydrogen-bond acceptors (Lipinski definition) is 4. The molecule has 0 aliphatic carbocycles. The highest BCUT2D eigenvalue weighted by Crippen LogP contribution is 2.38. The van der Waals surface area contributed by atoms with Gasteiger partial charge in [-0.2, -0.15) is 0 Å². The van der Waals surface area contributed by atoms with E-state index in [2.05, 4.69) is 16.7 Å². The number of fused-ring (bicyclic) bond motifs is 3.